The first-order valence-electron chi connectivity index (χ1n) is 8.67. The maximum Gasteiger partial charge on any atom is 0.326 e. The Morgan fingerprint density at radius 2 is 1.43 bits per heavy atom. The van der Waals surface area contributed by atoms with Crippen LogP contribution in [0.2, 0.25) is 0 Å². The predicted molar refractivity (Wildman–Crippen MR) is 95.9 cm³/mol. The van der Waals surface area contributed by atoms with E-state index in [9.17, 15) is 29.1 Å². The lowest BCUT2D eigenvalue weighted by Gasteiger charge is -2.24. The van der Waals surface area contributed by atoms with Crippen molar-refractivity contribution in [2.75, 3.05) is 13.2 Å². The zero-order chi connectivity index (χ0) is 21.9. The summed E-state index contributed by atoms with van der Waals surface area (Å²) in [7, 11) is 0. The van der Waals surface area contributed by atoms with Crippen LogP contribution in [-0.2, 0) is 24.0 Å². The number of hydrogen-bond donors (Lipinski definition) is 7. The fourth-order valence-corrected chi connectivity index (χ4v) is 2.22. The Balaban J connectivity index is 5.07. The van der Waals surface area contributed by atoms with Crippen molar-refractivity contribution in [3.63, 3.8) is 0 Å². The summed E-state index contributed by atoms with van der Waals surface area (Å²) in [5, 5.41) is 33.8. The molecule has 3 atom stereocenters. The van der Waals surface area contributed by atoms with Crippen molar-refractivity contribution < 1.29 is 39.3 Å². The molecular weight excluding hydrogens is 376 g/mol. The van der Waals surface area contributed by atoms with Crippen molar-refractivity contribution >= 4 is 29.7 Å². The third-order valence-electron chi connectivity index (χ3n) is 3.62. The van der Waals surface area contributed by atoms with E-state index in [1.165, 1.54) is 0 Å². The van der Waals surface area contributed by atoms with E-state index in [0.29, 0.717) is 0 Å². The lowest BCUT2D eigenvalue weighted by Crippen LogP contribution is -2.57. The number of carbonyl (C=O) groups is 5. The molecule has 0 aliphatic heterocycles. The Morgan fingerprint density at radius 1 is 0.893 bits per heavy atom. The minimum atomic E-state index is -1.50. The average molecular weight is 404 g/mol. The largest absolute Gasteiger partial charge is 0.481 e. The third kappa shape index (κ3) is 9.83. The fourth-order valence-electron chi connectivity index (χ4n) is 2.22. The molecule has 0 rings (SSSR count). The van der Waals surface area contributed by atoms with Crippen LogP contribution < -0.4 is 21.7 Å². The minimum absolute atomic E-state index is 0.0163. The molecule has 3 amide bonds. The molecule has 0 aliphatic carbocycles. The lowest BCUT2D eigenvalue weighted by atomic mass is 10.0. The number of aliphatic hydroxyl groups is 1. The van der Waals surface area contributed by atoms with E-state index in [0.717, 1.165) is 0 Å². The van der Waals surface area contributed by atoms with Crippen LogP contribution in [0.1, 0.15) is 33.1 Å². The van der Waals surface area contributed by atoms with Gasteiger partial charge in [-0.1, -0.05) is 13.8 Å². The van der Waals surface area contributed by atoms with Crippen molar-refractivity contribution in [3.8, 4) is 0 Å². The second-order valence-corrected chi connectivity index (χ2v) is 6.53. The number of hydrogen-bond acceptors (Lipinski definition) is 7. The van der Waals surface area contributed by atoms with Crippen molar-refractivity contribution in [3.05, 3.63) is 0 Å². The Hall–Kier alpha value is -2.73. The molecule has 0 radical (unpaired) electrons. The number of nitrogens with two attached hydrogens (primary N) is 1. The van der Waals surface area contributed by atoms with Crippen LogP contribution in [0.4, 0.5) is 0 Å². The molecule has 8 N–H and O–H groups in total. The number of rotatable bonds is 13. The molecule has 12 heteroatoms. The quantitative estimate of drug-likeness (QED) is 0.171. The molecule has 3 unspecified atom stereocenters. The summed E-state index contributed by atoms with van der Waals surface area (Å²) in [5.74, 6) is -5.00. The second-order valence-electron chi connectivity index (χ2n) is 6.53. The number of aliphatic hydroxyl groups excluding tert-OH is 1. The van der Waals surface area contributed by atoms with Crippen LogP contribution in [-0.4, -0.2) is 76.3 Å². The number of amides is 3. The van der Waals surface area contributed by atoms with Gasteiger partial charge in [0.05, 0.1) is 13.2 Å². The molecule has 0 saturated carbocycles. The van der Waals surface area contributed by atoms with Gasteiger partial charge in [0, 0.05) is 6.42 Å². The number of carboxylic acid groups (broad SMARTS) is 2. The van der Waals surface area contributed by atoms with E-state index in [-0.39, 0.29) is 25.3 Å². The molecule has 0 spiro atoms. The maximum absolute atomic E-state index is 12.4. The smallest absolute Gasteiger partial charge is 0.326 e. The van der Waals surface area contributed by atoms with Crippen LogP contribution in [0.5, 0.6) is 0 Å². The molecule has 160 valence electrons. The van der Waals surface area contributed by atoms with Gasteiger partial charge >= 0.3 is 11.9 Å². The van der Waals surface area contributed by atoms with Gasteiger partial charge in [0.25, 0.3) is 0 Å². The van der Waals surface area contributed by atoms with Gasteiger partial charge in [0.15, 0.2) is 0 Å². The van der Waals surface area contributed by atoms with Crippen LogP contribution >= 0.6 is 0 Å². The molecule has 0 fully saturated rings. The third-order valence-corrected chi connectivity index (χ3v) is 3.62. The standard InChI is InChI=1S/C16H28N4O8/c1-8(2)5-10(18-12(22)6-17)14(25)20-11(7-21)15(26)19-9(16(27)28)3-4-13(23)24/h8-11,21H,3-7,17H2,1-2H3,(H,18,22)(H,19,26)(H,20,25)(H,23,24)(H,27,28). The topological polar surface area (TPSA) is 208 Å². The van der Waals surface area contributed by atoms with Crippen molar-refractivity contribution in [1.82, 2.24) is 16.0 Å². The van der Waals surface area contributed by atoms with E-state index in [4.69, 9.17) is 15.9 Å². The zero-order valence-electron chi connectivity index (χ0n) is 15.8. The average Bonchev–Trinajstić information content (AvgIpc) is 2.60. The van der Waals surface area contributed by atoms with Gasteiger partial charge in [-0.3, -0.25) is 19.2 Å². The summed E-state index contributed by atoms with van der Waals surface area (Å²) in [6.07, 6.45) is -0.617. The first-order chi connectivity index (χ1) is 13.0. The van der Waals surface area contributed by atoms with E-state index in [2.05, 4.69) is 16.0 Å². The molecule has 12 nitrogen and oxygen atoms in total. The number of carboxylic acids is 2. The van der Waals surface area contributed by atoms with E-state index >= 15 is 0 Å². The fraction of sp³-hybridized carbons (Fsp3) is 0.688. The maximum atomic E-state index is 12.4. The van der Waals surface area contributed by atoms with Gasteiger partial charge in [0.1, 0.15) is 18.1 Å². The highest BCUT2D eigenvalue weighted by molar-refractivity contribution is 5.93. The van der Waals surface area contributed by atoms with Crippen molar-refractivity contribution in [1.29, 1.82) is 0 Å². The molecule has 0 aromatic rings. The monoisotopic (exact) mass is 404 g/mol. The molecular formula is C16H28N4O8. The van der Waals surface area contributed by atoms with Gasteiger partial charge in [-0.25, -0.2) is 4.79 Å². The Kier molecular flexibility index (Phi) is 11.4. The molecule has 0 saturated heterocycles. The number of carbonyl (C=O) groups excluding carboxylic acids is 3. The summed E-state index contributed by atoms with van der Waals surface area (Å²) < 4.78 is 0. The second kappa shape index (κ2) is 12.6. The summed E-state index contributed by atoms with van der Waals surface area (Å²) >= 11 is 0. The lowest BCUT2D eigenvalue weighted by molar-refractivity contribution is -0.143. The van der Waals surface area contributed by atoms with Gasteiger partial charge in [0.2, 0.25) is 17.7 Å². The molecule has 0 aliphatic rings. The molecule has 0 bridgehead atoms. The Labute approximate surface area is 161 Å². The van der Waals surface area contributed by atoms with E-state index in [1.807, 2.05) is 13.8 Å². The van der Waals surface area contributed by atoms with Crippen molar-refractivity contribution in [2.45, 2.75) is 51.2 Å². The van der Waals surface area contributed by atoms with Gasteiger partial charge in [-0.2, -0.15) is 0 Å². The van der Waals surface area contributed by atoms with Gasteiger partial charge in [-0.15, -0.1) is 0 Å². The number of nitrogens with one attached hydrogen (secondary N) is 3. The molecule has 0 aromatic heterocycles. The summed E-state index contributed by atoms with van der Waals surface area (Å²) in [6, 6.07) is -3.98. The summed E-state index contributed by atoms with van der Waals surface area (Å²) in [4.78, 5) is 57.8. The SMILES string of the molecule is CC(C)CC(NC(=O)CN)C(=O)NC(CO)C(=O)NC(CCC(=O)O)C(=O)O. The van der Waals surface area contributed by atoms with Crippen LogP contribution in [0.15, 0.2) is 0 Å². The normalized spacial score (nSPS) is 13.9. The van der Waals surface area contributed by atoms with Gasteiger partial charge in [-0.05, 0) is 18.8 Å². The Bertz CT molecular complexity index is 581. The number of aliphatic carboxylic acids is 2. The van der Waals surface area contributed by atoms with E-state index in [1.54, 1.807) is 0 Å². The highest BCUT2D eigenvalue weighted by Crippen LogP contribution is 2.06. The van der Waals surface area contributed by atoms with Crippen molar-refractivity contribution in [2.24, 2.45) is 11.7 Å². The molecule has 0 aromatic carbocycles. The molecule has 28 heavy (non-hydrogen) atoms. The minimum Gasteiger partial charge on any atom is -0.481 e. The van der Waals surface area contributed by atoms with Gasteiger partial charge < -0.3 is 37.0 Å². The van der Waals surface area contributed by atoms with Crippen LogP contribution in [0.25, 0.3) is 0 Å². The summed E-state index contributed by atoms with van der Waals surface area (Å²) in [6.45, 7) is 2.45. The highest BCUT2D eigenvalue weighted by Gasteiger charge is 2.29. The first-order valence-corrected chi connectivity index (χ1v) is 8.67. The van der Waals surface area contributed by atoms with E-state index < -0.39 is 60.8 Å². The summed E-state index contributed by atoms with van der Waals surface area (Å²) in [5.41, 5.74) is 5.21. The zero-order valence-corrected chi connectivity index (χ0v) is 15.8. The van der Waals surface area contributed by atoms with Crippen LogP contribution in [0.3, 0.4) is 0 Å². The Morgan fingerprint density at radius 3 is 1.86 bits per heavy atom. The first kappa shape index (κ1) is 25.3. The highest BCUT2D eigenvalue weighted by atomic mass is 16.4. The van der Waals surface area contributed by atoms with Crippen LogP contribution in [0, 0.1) is 5.92 Å². The predicted octanol–water partition coefficient (Wildman–Crippen LogP) is -2.61. The molecule has 0 heterocycles.